The van der Waals surface area contributed by atoms with Crippen LogP contribution in [0.3, 0.4) is 0 Å². The molecule has 0 fully saturated rings. The molecule has 186 valence electrons. The van der Waals surface area contributed by atoms with E-state index in [1.165, 1.54) is 6.07 Å². The van der Waals surface area contributed by atoms with E-state index in [1.807, 2.05) is 39.6 Å². The summed E-state index contributed by atoms with van der Waals surface area (Å²) in [7, 11) is 1.87. The van der Waals surface area contributed by atoms with Crippen molar-refractivity contribution in [3.8, 4) is 0 Å². The summed E-state index contributed by atoms with van der Waals surface area (Å²) in [6.45, 7) is 8.16. The molecule has 2 rings (SSSR count). The van der Waals surface area contributed by atoms with E-state index < -0.39 is 29.6 Å². The number of pyridine rings is 1. The van der Waals surface area contributed by atoms with Crippen LogP contribution in [0.2, 0.25) is 0 Å². The first kappa shape index (κ1) is 27.2. The third-order valence-electron chi connectivity index (χ3n) is 6.08. The summed E-state index contributed by atoms with van der Waals surface area (Å²) >= 11 is 0. The molecular weight excluding hydrogens is 440 g/mol. The maximum Gasteiger partial charge on any atom is 0.243 e. The Balaban J connectivity index is 2.24. The average Bonchev–Trinajstić information content (AvgIpc) is 2.80. The summed E-state index contributed by atoms with van der Waals surface area (Å²) in [5.74, 6) is -2.30. The first-order valence-corrected chi connectivity index (χ1v) is 11.5. The number of benzene rings is 1. The predicted molar refractivity (Wildman–Crippen MR) is 129 cm³/mol. The van der Waals surface area contributed by atoms with Crippen LogP contribution in [0.25, 0.3) is 0 Å². The van der Waals surface area contributed by atoms with Crippen LogP contribution in [-0.4, -0.2) is 46.9 Å². The lowest BCUT2D eigenvalue weighted by Crippen LogP contribution is -2.56. The van der Waals surface area contributed by atoms with Gasteiger partial charge in [0.05, 0.1) is 6.04 Å². The van der Waals surface area contributed by atoms with Gasteiger partial charge in [-0.3, -0.25) is 14.5 Å². The smallest absolute Gasteiger partial charge is 0.243 e. The molecule has 0 bridgehead atoms. The van der Waals surface area contributed by atoms with E-state index in [9.17, 15) is 18.4 Å². The number of amides is 2. The fourth-order valence-electron chi connectivity index (χ4n) is 3.61. The number of carbonyl (C=O) groups excluding carboxylic acids is 2. The number of halogens is 2. The number of rotatable bonds is 11. The average molecular weight is 476 g/mol. The van der Waals surface area contributed by atoms with E-state index in [0.29, 0.717) is 11.4 Å². The van der Waals surface area contributed by atoms with Crippen LogP contribution < -0.4 is 16.4 Å². The molecule has 1 unspecified atom stereocenters. The van der Waals surface area contributed by atoms with Crippen LogP contribution in [0.5, 0.6) is 0 Å². The minimum atomic E-state index is -1.01. The highest BCUT2D eigenvalue weighted by atomic mass is 19.2. The van der Waals surface area contributed by atoms with Crippen LogP contribution in [0.4, 0.5) is 14.6 Å². The van der Waals surface area contributed by atoms with Crippen molar-refractivity contribution in [2.75, 3.05) is 12.8 Å². The number of carbonyl (C=O) groups is 2. The number of hydrogen-bond donors (Lipinski definition) is 3. The molecule has 0 aliphatic rings. The molecule has 0 saturated carbocycles. The van der Waals surface area contributed by atoms with Crippen LogP contribution in [0.1, 0.15) is 45.2 Å². The maximum atomic E-state index is 13.8. The van der Waals surface area contributed by atoms with E-state index in [4.69, 9.17) is 5.73 Å². The van der Waals surface area contributed by atoms with E-state index in [0.717, 1.165) is 24.1 Å². The Morgan fingerprint density at radius 1 is 1.06 bits per heavy atom. The fraction of sp³-hybridized carbons (Fsp3) is 0.480. The van der Waals surface area contributed by atoms with Crippen molar-refractivity contribution in [1.29, 1.82) is 0 Å². The molecule has 1 heterocycles. The normalized spacial score (nSPS) is 14.0. The molecule has 0 radical (unpaired) electrons. The maximum absolute atomic E-state index is 13.8. The van der Waals surface area contributed by atoms with Crippen molar-refractivity contribution in [3.63, 3.8) is 0 Å². The van der Waals surface area contributed by atoms with Gasteiger partial charge in [0, 0.05) is 25.2 Å². The Morgan fingerprint density at radius 2 is 1.74 bits per heavy atom. The molecule has 4 N–H and O–H groups in total. The number of hydrogen-bond acceptors (Lipinski definition) is 5. The molecule has 2 aromatic rings. The Kier molecular flexibility index (Phi) is 9.92. The van der Waals surface area contributed by atoms with Crippen molar-refractivity contribution in [2.24, 2.45) is 5.92 Å². The Labute approximate surface area is 200 Å². The monoisotopic (exact) mass is 475 g/mol. The van der Waals surface area contributed by atoms with Gasteiger partial charge < -0.3 is 16.4 Å². The van der Waals surface area contributed by atoms with Gasteiger partial charge in [0.2, 0.25) is 11.8 Å². The van der Waals surface area contributed by atoms with Gasteiger partial charge in [-0.2, -0.15) is 0 Å². The van der Waals surface area contributed by atoms with E-state index in [-0.39, 0.29) is 30.8 Å². The van der Waals surface area contributed by atoms with Gasteiger partial charge in [-0.05, 0) is 56.1 Å². The minimum Gasteiger partial charge on any atom is -0.384 e. The molecule has 7 nitrogen and oxygen atoms in total. The highest BCUT2D eigenvalue weighted by Crippen LogP contribution is 2.17. The predicted octanol–water partition coefficient (Wildman–Crippen LogP) is 3.04. The summed E-state index contributed by atoms with van der Waals surface area (Å²) in [5.41, 5.74) is 6.72. The highest BCUT2D eigenvalue weighted by Gasteiger charge is 2.32. The first-order valence-electron chi connectivity index (χ1n) is 11.5. The summed E-state index contributed by atoms with van der Waals surface area (Å²) in [6.07, 6.45) is 2.34. The Bertz CT molecular complexity index is 968. The summed E-state index contributed by atoms with van der Waals surface area (Å²) in [6, 6.07) is 5.50. The van der Waals surface area contributed by atoms with Crippen LogP contribution in [0, 0.1) is 17.6 Å². The molecule has 9 heteroatoms. The van der Waals surface area contributed by atoms with E-state index >= 15 is 0 Å². The molecule has 0 saturated heterocycles. The number of nitrogens with one attached hydrogen (secondary N) is 2. The molecule has 0 aliphatic heterocycles. The third kappa shape index (κ3) is 7.48. The van der Waals surface area contributed by atoms with Gasteiger partial charge in [0.1, 0.15) is 11.9 Å². The Hall–Kier alpha value is -3.07. The summed E-state index contributed by atoms with van der Waals surface area (Å²) in [4.78, 5) is 32.4. The minimum absolute atomic E-state index is 0.00732. The zero-order valence-corrected chi connectivity index (χ0v) is 20.4. The number of aromatic nitrogens is 1. The number of nitrogens with zero attached hydrogens (tertiary/aromatic N) is 2. The van der Waals surface area contributed by atoms with Gasteiger partial charge in [-0.1, -0.05) is 32.4 Å². The van der Waals surface area contributed by atoms with Crippen LogP contribution >= 0.6 is 0 Å². The SMILES string of the molecule is CCC(C)[C@@H](C(=O)N[C@@H](Cc1ccc(F)c(F)c1)C(=O)NCc1ccc(N)nc1)N(C)C(C)C. The van der Waals surface area contributed by atoms with Crippen molar-refractivity contribution in [1.82, 2.24) is 20.5 Å². The number of nitrogen functional groups attached to an aromatic ring is 1. The van der Waals surface area contributed by atoms with Crippen molar-refractivity contribution in [2.45, 2.75) is 65.2 Å². The molecular formula is C25H35F2N5O2. The molecule has 34 heavy (non-hydrogen) atoms. The van der Waals surface area contributed by atoms with Gasteiger partial charge in [-0.25, -0.2) is 13.8 Å². The lowest BCUT2D eigenvalue weighted by Gasteiger charge is -2.35. The number of nitrogens with two attached hydrogens (primary N) is 1. The molecule has 1 aromatic carbocycles. The molecule has 2 amide bonds. The standard InChI is InChI=1S/C25H35F2N5O2/c1-6-16(4)23(32(5)15(2)3)25(34)31-21(12-17-7-9-19(26)20(27)11-17)24(33)30-14-18-8-10-22(28)29-13-18/h7-11,13,15-16,21,23H,6,12,14H2,1-5H3,(H2,28,29)(H,30,33)(H,31,34)/t16?,21-,23-/m0/s1. The fourth-order valence-corrected chi connectivity index (χ4v) is 3.61. The van der Waals surface area contributed by atoms with Crippen molar-refractivity contribution in [3.05, 3.63) is 59.3 Å². The lowest BCUT2D eigenvalue weighted by atomic mass is 9.95. The first-order chi connectivity index (χ1) is 16.0. The zero-order chi connectivity index (χ0) is 25.4. The third-order valence-corrected chi connectivity index (χ3v) is 6.08. The van der Waals surface area contributed by atoms with Gasteiger partial charge >= 0.3 is 0 Å². The zero-order valence-electron chi connectivity index (χ0n) is 20.4. The number of anilines is 1. The lowest BCUT2D eigenvalue weighted by molar-refractivity contribution is -0.133. The van der Waals surface area contributed by atoms with E-state index in [2.05, 4.69) is 15.6 Å². The van der Waals surface area contributed by atoms with E-state index in [1.54, 1.807) is 18.3 Å². The molecule has 0 aliphatic carbocycles. The largest absolute Gasteiger partial charge is 0.384 e. The second-order valence-corrected chi connectivity index (χ2v) is 8.91. The van der Waals surface area contributed by atoms with Crippen molar-refractivity contribution >= 4 is 17.6 Å². The molecule has 3 atom stereocenters. The quantitative estimate of drug-likeness (QED) is 0.464. The van der Waals surface area contributed by atoms with Gasteiger partial charge in [-0.15, -0.1) is 0 Å². The summed E-state index contributed by atoms with van der Waals surface area (Å²) in [5, 5.41) is 5.64. The van der Waals surface area contributed by atoms with Crippen LogP contribution in [-0.2, 0) is 22.6 Å². The topological polar surface area (TPSA) is 100 Å². The van der Waals surface area contributed by atoms with Gasteiger partial charge in [0.25, 0.3) is 0 Å². The van der Waals surface area contributed by atoms with Gasteiger partial charge in [0.15, 0.2) is 11.6 Å². The van der Waals surface area contributed by atoms with Crippen molar-refractivity contribution < 1.29 is 18.4 Å². The molecule has 1 aromatic heterocycles. The summed E-state index contributed by atoms with van der Waals surface area (Å²) < 4.78 is 27.2. The van der Waals surface area contributed by atoms with Crippen LogP contribution in [0.15, 0.2) is 36.5 Å². The molecule has 0 spiro atoms. The second kappa shape index (κ2) is 12.4. The highest BCUT2D eigenvalue weighted by molar-refractivity contribution is 5.90. The Morgan fingerprint density at radius 3 is 2.29 bits per heavy atom. The number of likely N-dealkylation sites (N-methyl/N-ethyl adjacent to an activating group) is 1. The second-order valence-electron chi connectivity index (χ2n) is 8.91.